The van der Waals surface area contributed by atoms with E-state index in [0.717, 1.165) is 32.4 Å². The second-order valence-electron chi connectivity index (χ2n) is 6.20. The summed E-state index contributed by atoms with van der Waals surface area (Å²) < 4.78 is 3.22. The van der Waals surface area contributed by atoms with Crippen LogP contribution in [0, 0.1) is 6.92 Å². The molecular weight excluding hydrogens is 374 g/mol. The van der Waals surface area contributed by atoms with Gasteiger partial charge in [-0.2, -0.15) is 0 Å². The molecule has 5 rings (SSSR count). The molecule has 25 heavy (non-hydrogen) atoms. The number of halogens is 1. The van der Waals surface area contributed by atoms with Crippen LogP contribution in [0.5, 0.6) is 0 Å². The fraction of sp³-hybridized carbons (Fsp3) is 0.0476. The molecule has 0 fully saturated rings. The number of aromatic nitrogens is 3. The van der Waals surface area contributed by atoms with Gasteiger partial charge in [-0.1, -0.05) is 64.5 Å². The SMILES string of the molecule is Cc1cccc2c1c1ccccc1n1c(-c3ccc(Br)cc3)nnc21. The minimum Gasteiger partial charge on any atom is -0.274 e. The summed E-state index contributed by atoms with van der Waals surface area (Å²) in [6.45, 7) is 2.15. The second-order valence-corrected chi connectivity index (χ2v) is 7.12. The van der Waals surface area contributed by atoms with E-state index < -0.39 is 0 Å². The van der Waals surface area contributed by atoms with E-state index in [1.807, 2.05) is 12.1 Å². The zero-order chi connectivity index (χ0) is 17.0. The highest BCUT2D eigenvalue weighted by Crippen LogP contribution is 2.33. The summed E-state index contributed by atoms with van der Waals surface area (Å²) in [7, 11) is 0. The molecule has 120 valence electrons. The van der Waals surface area contributed by atoms with Crippen LogP contribution in [0.25, 0.3) is 38.7 Å². The van der Waals surface area contributed by atoms with Crippen molar-refractivity contribution >= 4 is 43.3 Å². The van der Waals surface area contributed by atoms with Gasteiger partial charge in [-0.15, -0.1) is 10.2 Å². The minimum absolute atomic E-state index is 0.863. The number of fused-ring (bicyclic) bond motifs is 6. The van der Waals surface area contributed by atoms with Gasteiger partial charge in [0.25, 0.3) is 0 Å². The summed E-state index contributed by atoms with van der Waals surface area (Å²) in [5, 5.41) is 12.7. The Morgan fingerprint density at radius 3 is 2.40 bits per heavy atom. The normalized spacial score (nSPS) is 11.6. The third kappa shape index (κ3) is 2.11. The first-order chi connectivity index (χ1) is 12.2. The average Bonchev–Trinajstić information content (AvgIpc) is 3.08. The van der Waals surface area contributed by atoms with Crippen molar-refractivity contribution in [1.82, 2.24) is 14.6 Å². The van der Waals surface area contributed by atoms with Crippen molar-refractivity contribution in [1.29, 1.82) is 0 Å². The Labute approximate surface area is 153 Å². The van der Waals surface area contributed by atoms with Gasteiger partial charge in [0, 0.05) is 20.8 Å². The fourth-order valence-electron chi connectivity index (χ4n) is 3.56. The second kappa shape index (κ2) is 5.39. The first-order valence-electron chi connectivity index (χ1n) is 8.15. The summed E-state index contributed by atoms with van der Waals surface area (Å²) in [5.74, 6) is 0.863. The van der Waals surface area contributed by atoms with E-state index in [1.165, 1.54) is 16.3 Å². The lowest BCUT2D eigenvalue weighted by Crippen LogP contribution is -1.95. The van der Waals surface area contributed by atoms with Crippen LogP contribution in [0.3, 0.4) is 0 Å². The van der Waals surface area contributed by atoms with Gasteiger partial charge in [-0.3, -0.25) is 4.40 Å². The van der Waals surface area contributed by atoms with E-state index in [0.29, 0.717) is 0 Å². The van der Waals surface area contributed by atoms with Gasteiger partial charge in [0.1, 0.15) is 0 Å². The Balaban J connectivity index is 2.02. The third-order valence-electron chi connectivity index (χ3n) is 4.69. The van der Waals surface area contributed by atoms with Gasteiger partial charge in [-0.05, 0) is 36.1 Å². The molecular formula is C21H14BrN3. The molecule has 0 aliphatic carbocycles. The zero-order valence-corrected chi connectivity index (χ0v) is 15.2. The molecule has 0 unspecified atom stereocenters. The fourth-order valence-corrected chi connectivity index (χ4v) is 3.83. The van der Waals surface area contributed by atoms with E-state index in [2.05, 4.69) is 92.0 Å². The van der Waals surface area contributed by atoms with E-state index in [9.17, 15) is 0 Å². The van der Waals surface area contributed by atoms with E-state index in [-0.39, 0.29) is 0 Å². The van der Waals surface area contributed by atoms with Crippen molar-refractivity contribution in [2.45, 2.75) is 6.92 Å². The average molecular weight is 388 g/mol. The maximum atomic E-state index is 4.54. The predicted molar refractivity (Wildman–Crippen MR) is 106 cm³/mol. The Kier molecular flexibility index (Phi) is 3.15. The minimum atomic E-state index is 0.863. The van der Waals surface area contributed by atoms with Crippen LogP contribution in [0.4, 0.5) is 0 Å². The summed E-state index contributed by atoms with van der Waals surface area (Å²) in [5.41, 5.74) is 4.33. The quantitative estimate of drug-likeness (QED) is 0.341. The molecule has 0 saturated heterocycles. The predicted octanol–water partition coefficient (Wildman–Crippen LogP) is 5.77. The van der Waals surface area contributed by atoms with Crippen LogP contribution in [0.2, 0.25) is 0 Å². The maximum Gasteiger partial charge on any atom is 0.169 e. The topological polar surface area (TPSA) is 30.2 Å². The molecule has 0 radical (unpaired) electrons. The molecule has 4 heteroatoms. The highest BCUT2D eigenvalue weighted by atomic mass is 79.9. The number of para-hydroxylation sites is 1. The van der Waals surface area contributed by atoms with Crippen molar-refractivity contribution in [3.8, 4) is 11.4 Å². The lowest BCUT2D eigenvalue weighted by Gasteiger charge is -2.11. The summed E-state index contributed by atoms with van der Waals surface area (Å²) in [4.78, 5) is 0. The highest BCUT2D eigenvalue weighted by molar-refractivity contribution is 9.10. The number of benzene rings is 3. The summed E-state index contributed by atoms with van der Waals surface area (Å²) >= 11 is 3.50. The molecule has 0 bridgehead atoms. The lowest BCUT2D eigenvalue weighted by atomic mass is 10.0. The summed E-state index contributed by atoms with van der Waals surface area (Å²) in [6, 6.07) is 23.0. The summed E-state index contributed by atoms with van der Waals surface area (Å²) in [6.07, 6.45) is 0. The van der Waals surface area contributed by atoms with Crippen LogP contribution in [-0.2, 0) is 0 Å². The van der Waals surface area contributed by atoms with Crippen LogP contribution in [-0.4, -0.2) is 14.6 Å². The molecule has 0 aliphatic heterocycles. The van der Waals surface area contributed by atoms with Crippen molar-refractivity contribution in [3.05, 3.63) is 76.8 Å². The van der Waals surface area contributed by atoms with E-state index in [1.54, 1.807) is 0 Å². The van der Waals surface area contributed by atoms with Crippen molar-refractivity contribution in [2.24, 2.45) is 0 Å². The molecule has 3 nitrogen and oxygen atoms in total. The highest BCUT2D eigenvalue weighted by Gasteiger charge is 2.16. The van der Waals surface area contributed by atoms with Gasteiger partial charge in [-0.25, -0.2) is 0 Å². The molecule has 0 amide bonds. The molecule has 3 aromatic carbocycles. The van der Waals surface area contributed by atoms with Gasteiger partial charge < -0.3 is 0 Å². The lowest BCUT2D eigenvalue weighted by molar-refractivity contribution is 1.12. The standard InChI is InChI=1S/C21H14BrN3/c1-13-5-4-7-17-19(13)16-6-2-3-8-18(16)25-20(23-24-21(17)25)14-9-11-15(22)12-10-14/h2-12H,1H3. The smallest absolute Gasteiger partial charge is 0.169 e. The number of aryl methyl sites for hydroxylation is 1. The Morgan fingerprint density at radius 2 is 1.56 bits per heavy atom. The van der Waals surface area contributed by atoms with Crippen LogP contribution >= 0.6 is 15.9 Å². The van der Waals surface area contributed by atoms with Gasteiger partial charge in [0.2, 0.25) is 0 Å². The van der Waals surface area contributed by atoms with E-state index in [4.69, 9.17) is 0 Å². The molecule has 5 aromatic rings. The number of hydrogen-bond acceptors (Lipinski definition) is 2. The van der Waals surface area contributed by atoms with Crippen LogP contribution < -0.4 is 0 Å². The van der Waals surface area contributed by atoms with E-state index >= 15 is 0 Å². The monoisotopic (exact) mass is 387 g/mol. The van der Waals surface area contributed by atoms with Crippen LogP contribution in [0.1, 0.15) is 5.56 Å². The molecule has 0 spiro atoms. The molecule has 0 N–H and O–H groups in total. The number of nitrogens with zero attached hydrogens (tertiary/aromatic N) is 3. The Morgan fingerprint density at radius 1 is 0.800 bits per heavy atom. The number of hydrogen-bond donors (Lipinski definition) is 0. The molecule has 2 heterocycles. The largest absolute Gasteiger partial charge is 0.274 e. The van der Waals surface area contributed by atoms with Crippen molar-refractivity contribution < 1.29 is 0 Å². The van der Waals surface area contributed by atoms with Gasteiger partial charge in [0.05, 0.1) is 5.52 Å². The number of rotatable bonds is 1. The number of pyridine rings is 1. The maximum absolute atomic E-state index is 4.54. The first kappa shape index (κ1) is 14.6. The zero-order valence-electron chi connectivity index (χ0n) is 13.6. The molecule has 0 aliphatic rings. The van der Waals surface area contributed by atoms with Gasteiger partial charge in [0.15, 0.2) is 11.5 Å². The first-order valence-corrected chi connectivity index (χ1v) is 8.94. The Hall–Kier alpha value is -2.72. The molecule has 0 saturated carbocycles. The molecule has 0 atom stereocenters. The third-order valence-corrected chi connectivity index (χ3v) is 5.22. The van der Waals surface area contributed by atoms with Crippen molar-refractivity contribution in [2.75, 3.05) is 0 Å². The Bertz CT molecular complexity index is 1250. The van der Waals surface area contributed by atoms with Gasteiger partial charge >= 0.3 is 0 Å². The van der Waals surface area contributed by atoms with Crippen LogP contribution in [0.15, 0.2) is 71.2 Å². The van der Waals surface area contributed by atoms with Crippen molar-refractivity contribution in [3.63, 3.8) is 0 Å². The molecule has 2 aromatic heterocycles.